The van der Waals surface area contributed by atoms with Gasteiger partial charge in [0.15, 0.2) is 0 Å². The smallest absolute Gasteiger partial charge is 0.399 e. The standard InChI is InChI=1S/C24H22F3N5O2S.C24H24F3N3O2S/c25-24(26,27)19-9-12-21(13-10-19)35(33,34)29-14-3-15-32-22-5-2-1-4-17(22)6-7-18-8-11-20(30-31-28)16-23(18)32;25-24(26,27)19-9-12-21(13-10-19)33(31,32)29-14-3-15-30-22-5-2-1-4-17(22)6-7-18-8-11-20(28)16-23(18)30/h1-2,4-5,8-13,16,29H,3,6-7,14-15H2;1-2,4-5,8-13,16,29H,3,6-7,14-15,28H2. The summed E-state index contributed by atoms with van der Waals surface area (Å²) in [5, 5.41) is 3.71. The lowest BCUT2D eigenvalue weighted by molar-refractivity contribution is -0.138. The lowest BCUT2D eigenvalue weighted by atomic mass is 10.0. The number of halogens is 6. The monoisotopic (exact) mass is 976 g/mol. The molecule has 0 atom stereocenters. The van der Waals surface area contributed by atoms with Crippen LogP contribution in [0.1, 0.15) is 46.2 Å². The second kappa shape index (κ2) is 20.7. The Balaban J connectivity index is 0.000000202. The lowest BCUT2D eigenvalue weighted by Gasteiger charge is -2.27. The molecule has 8 rings (SSSR count). The van der Waals surface area contributed by atoms with Crippen molar-refractivity contribution in [2.75, 3.05) is 41.7 Å². The van der Waals surface area contributed by atoms with Crippen LogP contribution < -0.4 is 25.0 Å². The van der Waals surface area contributed by atoms with Crippen molar-refractivity contribution < 1.29 is 43.2 Å². The first kappa shape index (κ1) is 49.3. The molecule has 2 heterocycles. The van der Waals surface area contributed by atoms with E-state index in [1.165, 1.54) is 11.1 Å². The highest BCUT2D eigenvalue weighted by Crippen LogP contribution is 2.39. The predicted octanol–water partition coefficient (Wildman–Crippen LogP) is 11.1. The zero-order valence-corrected chi connectivity index (χ0v) is 37.9. The van der Waals surface area contributed by atoms with Gasteiger partial charge in [-0.3, -0.25) is 0 Å². The molecule has 0 radical (unpaired) electrons. The number of hydrogen-bond donors (Lipinski definition) is 3. The van der Waals surface area contributed by atoms with Crippen molar-refractivity contribution in [3.63, 3.8) is 0 Å². The van der Waals surface area contributed by atoms with E-state index < -0.39 is 43.5 Å². The molecule has 0 aromatic heterocycles. The first-order chi connectivity index (χ1) is 32.3. The quantitative estimate of drug-likeness (QED) is 0.0258. The predicted molar refractivity (Wildman–Crippen MR) is 250 cm³/mol. The molecule has 0 saturated heterocycles. The first-order valence-electron chi connectivity index (χ1n) is 21.5. The summed E-state index contributed by atoms with van der Waals surface area (Å²) in [6.45, 7) is 1.25. The summed E-state index contributed by atoms with van der Waals surface area (Å²) < 4.78 is 132. The van der Waals surface area contributed by atoms with Gasteiger partial charge in [0.25, 0.3) is 0 Å². The summed E-state index contributed by atoms with van der Waals surface area (Å²) in [7, 11) is -7.88. The number of hydrogen-bond acceptors (Lipinski definition) is 8. The highest BCUT2D eigenvalue weighted by atomic mass is 32.2. The highest BCUT2D eigenvalue weighted by molar-refractivity contribution is 7.89. The van der Waals surface area contributed by atoms with Crippen molar-refractivity contribution in [2.24, 2.45) is 5.11 Å². The molecule has 356 valence electrons. The Hall–Kier alpha value is -6.57. The molecule has 0 unspecified atom stereocenters. The molecule has 0 spiro atoms. The highest BCUT2D eigenvalue weighted by Gasteiger charge is 2.32. The van der Waals surface area contributed by atoms with E-state index >= 15 is 0 Å². The summed E-state index contributed by atoms with van der Waals surface area (Å²) in [5.74, 6) is 0. The number of aryl methyl sites for hydroxylation is 4. The Bertz CT molecular complexity index is 3020. The minimum atomic E-state index is -4.53. The van der Waals surface area contributed by atoms with Crippen molar-refractivity contribution in [1.82, 2.24) is 9.44 Å². The first-order valence-corrected chi connectivity index (χ1v) is 24.4. The number of alkyl halides is 6. The number of nitrogens with two attached hydrogens (primary N) is 1. The van der Waals surface area contributed by atoms with Crippen LogP contribution in [0.2, 0.25) is 0 Å². The Morgan fingerprint density at radius 3 is 1.37 bits per heavy atom. The molecule has 0 aliphatic carbocycles. The van der Waals surface area contributed by atoms with E-state index in [2.05, 4.69) is 41.4 Å². The van der Waals surface area contributed by atoms with Gasteiger partial charge in [0.1, 0.15) is 0 Å². The van der Waals surface area contributed by atoms with Crippen LogP contribution in [0.5, 0.6) is 0 Å². The molecule has 0 bridgehead atoms. The molecule has 68 heavy (non-hydrogen) atoms. The van der Waals surface area contributed by atoms with Gasteiger partial charge in [-0.05, 0) is 145 Å². The Morgan fingerprint density at radius 2 is 0.941 bits per heavy atom. The van der Waals surface area contributed by atoms with Crippen LogP contribution in [-0.2, 0) is 58.1 Å². The van der Waals surface area contributed by atoms with E-state index in [0.717, 1.165) is 108 Å². The van der Waals surface area contributed by atoms with Crippen molar-refractivity contribution in [3.05, 3.63) is 177 Å². The Kier molecular flexibility index (Phi) is 15.1. The molecule has 12 nitrogen and oxygen atoms in total. The third kappa shape index (κ3) is 11.9. The average Bonchev–Trinajstić information content (AvgIpc) is 3.56. The van der Waals surface area contributed by atoms with Crippen LogP contribution in [0.15, 0.2) is 148 Å². The van der Waals surface area contributed by atoms with Crippen LogP contribution in [0.25, 0.3) is 10.4 Å². The minimum absolute atomic E-state index is 0.0907. The van der Waals surface area contributed by atoms with Gasteiger partial charge in [-0.2, -0.15) is 26.3 Å². The van der Waals surface area contributed by atoms with Gasteiger partial charge >= 0.3 is 12.4 Å². The number of nitrogens with one attached hydrogen (secondary N) is 2. The molecule has 20 heteroatoms. The molecule has 0 saturated carbocycles. The van der Waals surface area contributed by atoms with Crippen LogP contribution in [0, 0.1) is 0 Å². The zero-order chi connectivity index (χ0) is 48.7. The number of azide groups is 1. The number of nitrogen functional groups attached to an aromatic ring is 1. The molecule has 6 aromatic rings. The fourth-order valence-electron chi connectivity index (χ4n) is 8.12. The number of fused-ring (bicyclic) bond motifs is 4. The molecular formula is C48H46F6N8O4S2. The fourth-order valence-corrected chi connectivity index (χ4v) is 10.3. The number of para-hydroxylation sites is 2. The van der Waals surface area contributed by atoms with Crippen LogP contribution in [0.4, 0.5) is 60.5 Å². The third-order valence-electron chi connectivity index (χ3n) is 11.5. The second-order valence-corrected chi connectivity index (χ2v) is 19.5. The SMILES string of the molecule is Nc1ccc2c(c1)N(CCCNS(=O)(=O)c1ccc(C(F)(F)F)cc1)c1ccccc1CC2.[N-]=[N+]=Nc1ccc2c(c1)N(CCCNS(=O)(=O)c1ccc(C(F)(F)F)cc1)c1ccccc1CC2. The largest absolute Gasteiger partial charge is 0.416 e. The fraction of sp³-hybridized carbons (Fsp3) is 0.250. The molecule has 4 N–H and O–H groups in total. The number of sulfonamides is 2. The van der Waals surface area contributed by atoms with Crippen LogP contribution >= 0.6 is 0 Å². The number of rotatable bonds is 13. The Morgan fingerprint density at radius 1 is 0.544 bits per heavy atom. The molecule has 2 aliphatic rings. The topological polar surface area (TPSA) is 174 Å². The van der Waals surface area contributed by atoms with Gasteiger partial charge < -0.3 is 15.5 Å². The van der Waals surface area contributed by atoms with Crippen molar-refractivity contribution in [2.45, 2.75) is 60.7 Å². The van der Waals surface area contributed by atoms with Crippen molar-refractivity contribution in [3.8, 4) is 0 Å². The van der Waals surface area contributed by atoms with Gasteiger partial charge in [0.2, 0.25) is 20.0 Å². The summed E-state index contributed by atoms with van der Waals surface area (Å²) in [5.41, 5.74) is 22.8. The summed E-state index contributed by atoms with van der Waals surface area (Å²) in [4.78, 5) is 6.68. The van der Waals surface area contributed by atoms with E-state index in [1.54, 1.807) is 6.07 Å². The zero-order valence-electron chi connectivity index (χ0n) is 36.3. The van der Waals surface area contributed by atoms with Gasteiger partial charge in [-0.25, -0.2) is 26.3 Å². The second-order valence-electron chi connectivity index (χ2n) is 16.0. The molecule has 0 fully saturated rings. The van der Waals surface area contributed by atoms with E-state index in [4.69, 9.17) is 11.3 Å². The average molecular weight is 977 g/mol. The summed E-state index contributed by atoms with van der Waals surface area (Å²) in [6.07, 6.45) is -4.72. The van der Waals surface area contributed by atoms with Gasteiger partial charge in [0, 0.05) is 65.2 Å². The molecule has 2 aliphatic heterocycles. The van der Waals surface area contributed by atoms with Gasteiger partial charge in [-0.15, -0.1) is 0 Å². The van der Waals surface area contributed by atoms with E-state index in [-0.39, 0.29) is 22.9 Å². The summed E-state index contributed by atoms with van der Waals surface area (Å²) >= 11 is 0. The number of benzene rings is 6. The van der Waals surface area contributed by atoms with Crippen LogP contribution in [-0.4, -0.2) is 43.0 Å². The van der Waals surface area contributed by atoms with E-state index in [1.807, 2.05) is 66.7 Å². The van der Waals surface area contributed by atoms with Crippen molar-refractivity contribution in [1.29, 1.82) is 0 Å². The maximum Gasteiger partial charge on any atom is 0.416 e. The number of nitrogens with zero attached hydrogens (tertiary/aromatic N) is 5. The summed E-state index contributed by atoms with van der Waals surface area (Å²) in [6, 6.07) is 34.3. The Labute approximate surface area is 390 Å². The van der Waals surface area contributed by atoms with Gasteiger partial charge in [0.05, 0.1) is 20.9 Å². The minimum Gasteiger partial charge on any atom is -0.399 e. The number of anilines is 5. The molecule has 6 aromatic carbocycles. The maximum absolute atomic E-state index is 12.8. The van der Waals surface area contributed by atoms with E-state index in [9.17, 15) is 43.2 Å². The third-order valence-corrected chi connectivity index (χ3v) is 14.5. The molecule has 0 amide bonds. The normalized spacial score (nSPS) is 13.6. The lowest BCUT2D eigenvalue weighted by Crippen LogP contribution is -2.28. The van der Waals surface area contributed by atoms with Crippen molar-refractivity contribution >= 4 is 54.2 Å². The molecular weight excluding hydrogens is 931 g/mol. The van der Waals surface area contributed by atoms with E-state index in [0.29, 0.717) is 37.3 Å². The maximum atomic E-state index is 12.8. The van der Waals surface area contributed by atoms with Crippen LogP contribution in [0.3, 0.4) is 0 Å². The van der Waals surface area contributed by atoms with Gasteiger partial charge in [-0.1, -0.05) is 59.7 Å².